The lowest BCUT2D eigenvalue weighted by Gasteiger charge is -2.15. The molecule has 174 valence electrons. The maximum Gasteiger partial charge on any atom is 0.270 e. The molecule has 34 heavy (non-hydrogen) atoms. The van der Waals surface area contributed by atoms with Gasteiger partial charge >= 0.3 is 0 Å². The molecule has 0 bridgehead atoms. The molecule has 1 fully saturated rings. The van der Waals surface area contributed by atoms with Crippen molar-refractivity contribution in [2.75, 3.05) is 11.5 Å². The number of ether oxygens (including phenoxy) is 2. The Bertz CT molecular complexity index is 1280. The van der Waals surface area contributed by atoms with Gasteiger partial charge in [-0.3, -0.25) is 9.69 Å². The lowest BCUT2D eigenvalue weighted by Crippen LogP contribution is -2.27. The van der Waals surface area contributed by atoms with E-state index in [1.807, 2.05) is 73.7 Å². The molecule has 3 aromatic rings. The summed E-state index contributed by atoms with van der Waals surface area (Å²) in [5, 5.41) is 0.640. The molecule has 0 aliphatic carbocycles. The number of carbonyl (C=O) groups excluding carboxylic acids is 1. The van der Waals surface area contributed by atoms with E-state index in [-0.39, 0.29) is 5.91 Å². The van der Waals surface area contributed by atoms with Crippen molar-refractivity contribution in [3.8, 4) is 11.5 Å². The van der Waals surface area contributed by atoms with Gasteiger partial charge in [0.1, 0.15) is 6.61 Å². The fourth-order valence-electron chi connectivity index (χ4n) is 3.27. The molecule has 0 aromatic heterocycles. The van der Waals surface area contributed by atoms with Gasteiger partial charge in [-0.1, -0.05) is 69.7 Å². The summed E-state index contributed by atoms with van der Waals surface area (Å²) in [5.74, 6) is 0.977. The second kappa shape index (κ2) is 11.3. The third kappa shape index (κ3) is 5.69. The number of amides is 1. The number of thiocarbonyl (C=S) groups is 1. The molecular formula is C25H18Br2ClNO3S2. The average molecular weight is 640 g/mol. The number of thioether (sulfide) groups is 1. The number of halogens is 3. The van der Waals surface area contributed by atoms with Gasteiger partial charge in [0.25, 0.3) is 5.91 Å². The Hall–Kier alpha value is -1.84. The van der Waals surface area contributed by atoms with Gasteiger partial charge in [0.05, 0.1) is 21.7 Å². The van der Waals surface area contributed by atoms with Crippen LogP contribution in [0.3, 0.4) is 0 Å². The molecule has 9 heteroatoms. The highest BCUT2D eigenvalue weighted by Crippen LogP contribution is 2.41. The van der Waals surface area contributed by atoms with Crippen molar-refractivity contribution in [1.29, 1.82) is 0 Å². The Morgan fingerprint density at radius 2 is 1.82 bits per heavy atom. The Kier molecular flexibility index (Phi) is 8.37. The van der Waals surface area contributed by atoms with E-state index in [0.29, 0.717) is 43.4 Å². The molecule has 1 heterocycles. The van der Waals surface area contributed by atoms with Gasteiger partial charge < -0.3 is 9.47 Å². The van der Waals surface area contributed by atoms with Gasteiger partial charge in [-0.15, -0.1) is 0 Å². The van der Waals surface area contributed by atoms with Crippen molar-refractivity contribution < 1.29 is 14.3 Å². The lowest BCUT2D eigenvalue weighted by atomic mass is 10.1. The molecule has 1 amide bonds. The number of hydrogen-bond donors (Lipinski definition) is 0. The van der Waals surface area contributed by atoms with E-state index < -0.39 is 0 Å². The van der Waals surface area contributed by atoms with E-state index in [1.54, 1.807) is 0 Å². The smallest absolute Gasteiger partial charge is 0.270 e. The van der Waals surface area contributed by atoms with E-state index in [2.05, 4.69) is 31.9 Å². The van der Waals surface area contributed by atoms with E-state index in [9.17, 15) is 4.79 Å². The number of nitrogens with zero attached hydrogens (tertiary/aromatic N) is 1. The summed E-state index contributed by atoms with van der Waals surface area (Å²) in [4.78, 5) is 15.2. The second-order valence-electron chi connectivity index (χ2n) is 7.14. The summed E-state index contributed by atoms with van der Waals surface area (Å²) in [6.07, 6.45) is 1.81. The van der Waals surface area contributed by atoms with E-state index in [0.717, 1.165) is 21.3 Å². The summed E-state index contributed by atoms with van der Waals surface area (Å²) in [7, 11) is 0. The number of carbonyl (C=O) groups is 1. The fourth-order valence-corrected chi connectivity index (χ4v) is 5.60. The summed E-state index contributed by atoms with van der Waals surface area (Å²) < 4.78 is 14.0. The minimum absolute atomic E-state index is 0.162. The summed E-state index contributed by atoms with van der Waals surface area (Å²) >= 11 is 20.0. The largest absolute Gasteiger partial charge is 0.490 e. The predicted octanol–water partition coefficient (Wildman–Crippen LogP) is 8.25. The quantitative estimate of drug-likeness (QED) is 0.192. The van der Waals surface area contributed by atoms with Crippen LogP contribution < -0.4 is 14.4 Å². The first-order chi connectivity index (χ1) is 16.4. The maximum atomic E-state index is 13.1. The molecule has 1 saturated heterocycles. The van der Waals surface area contributed by atoms with Crippen molar-refractivity contribution in [3.05, 3.63) is 90.7 Å². The monoisotopic (exact) mass is 637 g/mol. The second-order valence-corrected chi connectivity index (χ2v) is 11.0. The topological polar surface area (TPSA) is 38.8 Å². The molecule has 0 saturated carbocycles. The van der Waals surface area contributed by atoms with Crippen LogP contribution in [0, 0.1) is 0 Å². The highest BCUT2D eigenvalue weighted by Gasteiger charge is 2.33. The van der Waals surface area contributed by atoms with Crippen LogP contribution in [0.25, 0.3) is 6.08 Å². The van der Waals surface area contributed by atoms with Gasteiger partial charge in [0, 0.05) is 15.1 Å². The third-order valence-corrected chi connectivity index (χ3v) is 7.63. The van der Waals surface area contributed by atoms with Crippen LogP contribution in [0.2, 0.25) is 5.02 Å². The minimum Gasteiger partial charge on any atom is -0.490 e. The van der Waals surface area contributed by atoms with Crippen LogP contribution in [0.4, 0.5) is 5.69 Å². The van der Waals surface area contributed by atoms with Crippen LogP contribution >= 0.6 is 67.4 Å². The molecule has 4 rings (SSSR count). The van der Waals surface area contributed by atoms with Gasteiger partial charge in [-0.05, 0) is 77.0 Å². The van der Waals surface area contributed by atoms with Crippen LogP contribution in [0.5, 0.6) is 11.5 Å². The number of rotatable bonds is 7. The molecule has 3 aromatic carbocycles. The highest BCUT2D eigenvalue weighted by molar-refractivity contribution is 9.10. The zero-order valence-electron chi connectivity index (χ0n) is 17.9. The van der Waals surface area contributed by atoms with E-state index in [4.69, 9.17) is 33.3 Å². The average Bonchev–Trinajstić information content (AvgIpc) is 3.08. The number of benzene rings is 3. The molecule has 1 aliphatic heterocycles. The number of hydrogen-bond acceptors (Lipinski definition) is 5. The maximum absolute atomic E-state index is 13.1. The molecule has 0 atom stereocenters. The van der Waals surface area contributed by atoms with Gasteiger partial charge in [0.2, 0.25) is 0 Å². The third-order valence-electron chi connectivity index (χ3n) is 4.84. The number of anilines is 1. The first-order valence-corrected chi connectivity index (χ1v) is 13.4. The van der Waals surface area contributed by atoms with Crippen molar-refractivity contribution in [1.82, 2.24) is 0 Å². The summed E-state index contributed by atoms with van der Waals surface area (Å²) in [6.45, 7) is 2.66. The normalized spacial score (nSPS) is 14.7. The standard InChI is InChI=1S/C25H18Br2ClNO3S2/c1-2-31-21-12-15(11-19(27)23(21)32-14-16-5-3-4-6-20(16)28)13-22-24(30)29(25(33)34-22)18-9-7-17(26)8-10-18/h3-13H,2,14H2,1H3/b22-13+. The van der Waals surface area contributed by atoms with Crippen LogP contribution in [-0.4, -0.2) is 16.8 Å². The molecule has 0 radical (unpaired) electrons. The molecule has 0 spiro atoms. The molecule has 0 N–H and O–H groups in total. The van der Waals surface area contributed by atoms with Crippen LogP contribution in [0.1, 0.15) is 18.1 Å². The molecule has 4 nitrogen and oxygen atoms in total. The Morgan fingerprint density at radius 3 is 2.53 bits per heavy atom. The van der Waals surface area contributed by atoms with Crippen LogP contribution in [0.15, 0.2) is 74.5 Å². The van der Waals surface area contributed by atoms with Gasteiger partial charge in [0.15, 0.2) is 15.8 Å². The Labute approximate surface area is 229 Å². The Morgan fingerprint density at radius 1 is 1.09 bits per heavy atom. The summed E-state index contributed by atoms with van der Waals surface area (Å²) in [5.41, 5.74) is 2.39. The summed E-state index contributed by atoms with van der Waals surface area (Å²) in [6, 6.07) is 18.7. The van der Waals surface area contributed by atoms with Crippen molar-refractivity contribution in [2.45, 2.75) is 13.5 Å². The first kappa shape index (κ1) is 25.3. The molecular weight excluding hydrogens is 622 g/mol. The first-order valence-electron chi connectivity index (χ1n) is 10.2. The van der Waals surface area contributed by atoms with Crippen molar-refractivity contribution >= 4 is 89.4 Å². The van der Waals surface area contributed by atoms with Gasteiger partial charge in [-0.2, -0.15) is 0 Å². The molecule has 1 aliphatic rings. The predicted molar refractivity (Wildman–Crippen MR) is 151 cm³/mol. The SMILES string of the molecule is CCOc1cc(/C=C2/SC(=S)N(c3ccc(Br)cc3)C2=O)cc(Br)c1OCc1ccccc1Cl. The molecule has 0 unspecified atom stereocenters. The van der Waals surface area contributed by atoms with Gasteiger partial charge in [-0.25, -0.2) is 0 Å². The fraction of sp³-hybridized carbons (Fsp3) is 0.120. The van der Waals surface area contributed by atoms with Crippen molar-refractivity contribution in [3.63, 3.8) is 0 Å². The highest BCUT2D eigenvalue weighted by atomic mass is 79.9. The lowest BCUT2D eigenvalue weighted by molar-refractivity contribution is -0.113. The van der Waals surface area contributed by atoms with Crippen molar-refractivity contribution in [2.24, 2.45) is 0 Å². The minimum atomic E-state index is -0.162. The Balaban J connectivity index is 1.60. The van der Waals surface area contributed by atoms with E-state index >= 15 is 0 Å². The zero-order chi connectivity index (χ0) is 24.2. The van der Waals surface area contributed by atoms with E-state index in [1.165, 1.54) is 16.7 Å². The van der Waals surface area contributed by atoms with Crippen LogP contribution in [-0.2, 0) is 11.4 Å². The zero-order valence-corrected chi connectivity index (χ0v) is 23.4.